The van der Waals surface area contributed by atoms with Crippen LogP contribution in [0.3, 0.4) is 0 Å². The molecule has 0 heterocycles. The molecule has 19 heavy (non-hydrogen) atoms. The van der Waals surface area contributed by atoms with E-state index in [0.29, 0.717) is 4.47 Å². The topological polar surface area (TPSA) is 46.5 Å². The fourth-order valence-electron chi connectivity index (χ4n) is 1.37. The fourth-order valence-corrected chi connectivity index (χ4v) is 1.83. The van der Waals surface area contributed by atoms with E-state index in [1.165, 1.54) is 12.1 Å². The molecule has 0 amide bonds. The van der Waals surface area contributed by atoms with Gasteiger partial charge in [0.05, 0.1) is 5.57 Å². The Hall–Kier alpha value is -1.20. The quantitative estimate of drug-likeness (QED) is 0.681. The Balaban J connectivity index is 2.94. The Bertz CT molecular complexity index is 506. The van der Waals surface area contributed by atoms with Crippen molar-refractivity contribution < 1.29 is 19.0 Å². The molecule has 0 radical (unpaired) electrons. The second-order valence-corrected chi connectivity index (χ2v) is 5.95. The van der Waals surface area contributed by atoms with Crippen LogP contribution < -0.4 is 0 Å². The Morgan fingerprint density at radius 2 is 2.05 bits per heavy atom. The van der Waals surface area contributed by atoms with Crippen molar-refractivity contribution in [3.8, 4) is 0 Å². The standard InChI is InChI=1S/C14H16BrFO3/c1-8(13(18)19-14(2,3)4)12(17)10-7-9(16)5-6-11(10)15/h5-7,12,17H,1H2,2-4H3. The molecule has 1 atom stereocenters. The van der Waals surface area contributed by atoms with Gasteiger partial charge in [0.2, 0.25) is 0 Å². The largest absolute Gasteiger partial charge is 0.457 e. The van der Waals surface area contributed by atoms with Crippen molar-refractivity contribution in [3.05, 3.63) is 46.2 Å². The van der Waals surface area contributed by atoms with Crippen LogP contribution in [0.5, 0.6) is 0 Å². The normalized spacial score (nSPS) is 12.9. The number of rotatable bonds is 3. The lowest BCUT2D eigenvalue weighted by Gasteiger charge is -2.22. The summed E-state index contributed by atoms with van der Waals surface area (Å²) in [5.74, 6) is -1.22. The summed E-state index contributed by atoms with van der Waals surface area (Å²) in [7, 11) is 0. The summed E-state index contributed by atoms with van der Waals surface area (Å²) in [6.07, 6.45) is -1.32. The third kappa shape index (κ3) is 4.44. The number of hydrogen-bond acceptors (Lipinski definition) is 3. The Labute approximate surface area is 120 Å². The number of hydrogen-bond donors (Lipinski definition) is 1. The van der Waals surface area contributed by atoms with Gasteiger partial charge in [0.15, 0.2) is 0 Å². The highest BCUT2D eigenvalue weighted by molar-refractivity contribution is 9.10. The molecule has 1 unspecified atom stereocenters. The van der Waals surface area contributed by atoms with Crippen LogP contribution in [0.2, 0.25) is 0 Å². The van der Waals surface area contributed by atoms with Gasteiger partial charge in [0.25, 0.3) is 0 Å². The lowest BCUT2D eigenvalue weighted by atomic mass is 10.0. The molecule has 0 aliphatic carbocycles. The van der Waals surface area contributed by atoms with Gasteiger partial charge in [-0.1, -0.05) is 22.5 Å². The molecule has 0 aliphatic rings. The summed E-state index contributed by atoms with van der Waals surface area (Å²) in [6, 6.07) is 3.84. The van der Waals surface area contributed by atoms with E-state index in [9.17, 15) is 14.3 Å². The van der Waals surface area contributed by atoms with Crippen molar-refractivity contribution in [1.29, 1.82) is 0 Å². The first-order valence-electron chi connectivity index (χ1n) is 5.67. The van der Waals surface area contributed by atoms with Gasteiger partial charge in [-0.25, -0.2) is 9.18 Å². The van der Waals surface area contributed by atoms with Crippen molar-refractivity contribution in [2.24, 2.45) is 0 Å². The highest BCUT2D eigenvalue weighted by atomic mass is 79.9. The van der Waals surface area contributed by atoms with E-state index in [2.05, 4.69) is 22.5 Å². The maximum absolute atomic E-state index is 13.2. The number of carbonyl (C=O) groups is 1. The highest BCUT2D eigenvalue weighted by Crippen LogP contribution is 2.29. The third-order valence-electron chi connectivity index (χ3n) is 2.24. The number of aliphatic hydroxyl groups is 1. The number of halogens is 2. The summed E-state index contributed by atoms with van der Waals surface area (Å²) < 4.78 is 18.8. The van der Waals surface area contributed by atoms with Gasteiger partial charge in [-0.3, -0.25) is 0 Å². The second-order valence-electron chi connectivity index (χ2n) is 5.10. The van der Waals surface area contributed by atoms with Gasteiger partial charge >= 0.3 is 5.97 Å². The molecule has 3 nitrogen and oxygen atoms in total. The highest BCUT2D eigenvalue weighted by Gasteiger charge is 2.25. The number of benzene rings is 1. The molecule has 0 bridgehead atoms. The van der Waals surface area contributed by atoms with E-state index in [0.717, 1.165) is 6.07 Å². The molecule has 0 aromatic heterocycles. The molecule has 1 aromatic carbocycles. The lowest BCUT2D eigenvalue weighted by molar-refractivity contribution is -0.151. The van der Waals surface area contributed by atoms with Crippen LogP contribution in [0.1, 0.15) is 32.4 Å². The summed E-state index contributed by atoms with van der Waals surface area (Å²) in [5.41, 5.74) is -0.587. The second kappa shape index (κ2) is 5.84. The summed E-state index contributed by atoms with van der Waals surface area (Å²) in [5, 5.41) is 10.1. The van der Waals surface area contributed by atoms with E-state index < -0.39 is 23.5 Å². The van der Waals surface area contributed by atoms with Crippen molar-refractivity contribution in [3.63, 3.8) is 0 Å². The van der Waals surface area contributed by atoms with Gasteiger partial charge in [-0.15, -0.1) is 0 Å². The van der Waals surface area contributed by atoms with Crippen molar-refractivity contribution in [2.45, 2.75) is 32.5 Å². The lowest BCUT2D eigenvalue weighted by Crippen LogP contribution is -2.26. The first-order valence-corrected chi connectivity index (χ1v) is 6.46. The first kappa shape index (κ1) is 15.9. The van der Waals surface area contributed by atoms with Gasteiger partial charge in [0.1, 0.15) is 17.5 Å². The van der Waals surface area contributed by atoms with E-state index in [-0.39, 0.29) is 11.1 Å². The number of ether oxygens (including phenoxy) is 1. The number of carbonyl (C=O) groups excluding carboxylic acids is 1. The van der Waals surface area contributed by atoms with E-state index >= 15 is 0 Å². The third-order valence-corrected chi connectivity index (χ3v) is 2.97. The zero-order valence-electron chi connectivity index (χ0n) is 11.0. The SMILES string of the molecule is C=C(C(=O)OC(C)(C)C)C(O)c1cc(F)ccc1Br. The predicted octanol–water partition coefficient (Wildman–Crippen LogP) is 3.52. The zero-order valence-corrected chi connectivity index (χ0v) is 12.6. The molecule has 104 valence electrons. The molecule has 0 saturated heterocycles. The Morgan fingerprint density at radius 1 is 1.47 bits per heavy atom. The van der Waals surface area contributed by atoms with Gasteiger partial charge in [0, 0.05) is 10.0 Å². The minimum atomic E-state index is -1.32. The fraction of sp³-hybridized carbons (Fsp3) is 0.357. The van der Waals surface area contributed by atoms with Crippen LogP contribution in [0.4, 0.5) is 4.39 Å². The molecule has 0 fully saturated rings. The van der Waals surface area contributed by atoms with Gasteiger partial charge < -0.3 is 9.84 Å². The van der Waals surface area contributed by atoms with Crippen LogP contribution >= 0.6 is 15.9 Å². The monoisotopic (exact) mass is 330 g/mol. The van der Waals surface area contributed by atoms with E-state index in [4.69, 9.17) is 4.74 Å². The molecule has 1 rings (SSSR count). The van der Waals surface area contributed by atoms with E-state index in [1.807, 2.05) is 0 Å². The summed E-state index contributed by atoms with van der Waals surface area (Å²) in [4.78, 5) is 11.8. The summed E-state index contributed by atoms with van der Waals surface area (Å²) in [6.45, 7) is 8.65. The molecule has 0 saturated carbocycles. The smallest absolute Gasteiger partial charge is 0.336 e. The van der Waals surface area contributed by atoms with Crippen molar-refractivity contribution in [2.75, 3.05) is 0 Å². The minimum Gasteiger partial charge on any atom is -0.457 e. The molecular weight excluding hydrogens is 315 g/mol. The maximum Gasteiger partial charge on any atom is 0.336 e. The molecular formula is C14H16BrFO3. The average Bonchev–Trinajstić information content (AvgIpc) is 2.28. The number of aliphatic hydroxyl groups excluding tert-OH is 1. The molecule has 5 heteroatoms. The summed E-state index contributed by atoms with van der Waals surface area (Å²) >= 11 is 3.19. The van der Waals surface area contributed by atoms with Crippen LogP contribution in [0, 0.1) is 5.82 Å². The average molecular weight is 331 g/mol. The maximum atomic E-state index is 13.2. The first-order chi connectivity index (χ1) is 8.61. The van der Waals surface area contributed by atoms with Crippen molar-refractivity contribution >= 4 is 21.9 Å². The number of esters is 1. The van der Waals surface area contributed by atoms with E-state index in [1.54, 1.807) is 20.8 Å². The van der Waals surface area contributed by atoms with Gasteiger partial charge in [-0.05, 0) is 39.0 Å². The van der Waals surface area contributed by atoms with Gasteiger partial charge in [-0.2, -0.15) is 0 Å². The molecule has 1 aromatic rings. The zero-order chi connectivity index (χ0) is 14.8. The Morgan fingerprint density at radius 3 is 2.58 bits per heavy atom. The minimum absolute atomic E-state index is 0.138. The Kier molecular flexibility index (Phi) is 4.87. The molecule has 0 aliphatic heterocycles. The molecule has 0 spiro atoms. The van der Waals surface area contributed by atoms with Crippen LogP contribution in [-0.4, -0.2) is 16.7 Å². The van der Waals surface area contributed by atoms with Crippen LogP contribution in [0.15, 0.2) is 34.8 Å². The van der Waals surface area contributed by atoms with Crippen molar-refractivity contribution in [1.82, 2.24) is 0 Å². The molecule has 1 N–H and O–H groups in total. The van der Waals surface area contributed by atoms with Crippen LogP contribution in [-0.2, 0) is 9.53 Å². The predicted molar refractivity (Wildman–Crippen MR) is 74.0 cm³/mol. The van der Waals surface area contributed by atoms with Crippen LogP contribution in [0.25, 0.3) is 0 Å².